The van der Waals surface area contributed by atoms with Crippen LogP contribution in [0, 0.1) is 11.7 Å². The van der Waals surface area contributed by atoms with Gasteiger partial charge in [0.25, 0.3) is 0 Å². The van der Waals surface area contributed by atoms with Crippen molar-refractivity contribution < 1.29 is 22.7 Å². The first-order valence-corrected chi connectivity index (χ1v) is 7.10. The van der Waals surface area contributed by atoms with Crippen molar-refractivity contribution in [2.24, 2.45) is 5.92 Å². The summed E-state index contributed by atoms with van der Waals surface area (Å²) in [4.78, 5) is 0. The highest BCUT2D eigenvalue weighted by Gasteiger charge is 2.31. The Bertz CT molecular complexity index is 475. The molecule has 1 aromatic rings. The van der Waals surface area contributed by atoms with Crippen LogP contribution in [0.15, 0.2) is 18.2 Å². The fourth-order valence-corrected chi connectivity index (χ4v) is 2.78. The quantitative estimate of drug-likeness (QED) is 0.835. The van der Waals surface area contributed by atoms with E-state index >= 15 is 0 Å². The van der Waals surface area contributed by atoms with E-state index in [-0.39, 0.29) is 18.2 Å². The Morgan fingerprint density at radius 3 is 2.62 bits per heavy atom. The molecule has 0 aromatic heterocycles. The van der Waals surface area contributed by atoms with Gasteiger partial charge >= 0.3 is 6.18 Å². The van der Waals surface area contributed by atoms with Gasteiger partial charge in [-0.3, -0.25) is 0 Å². The van der Waals surface area contributed by atoms with Crippen LogP contribution in [-0.4, -0.2) is 17.8 Å². The molecule has 0 spiro atoms. The van der Waals surface area contributed by atoms with Crippen LogP contribution in [0.4, 0.5) is 17.6 Å². The lowest BCUT2D eigenvalue weighted by Gasteiger charge is -2.26. The van der Waals surface area contributed by atoms with Crippen molar-refractivity contribution in [3.05, 3.63) is 35.1 Å². The second-order valence-electron chi connectivity index (χ2n) is 5.66. The van der Waals surface area contributed by atoms with Gasteiger partial charge in [-0.05, 0) is 55.5 Å². The first-order valence-electron chi connectivity index (χ1n) is 7.10. The highest BCUT2D eigenvalue weighted by atomic mass is 19.4. The van der Waals surface area contributed by atoms with Crippen LogP contribution in [0.1, 0.15) is 36.8 Å². The molecule has 0 amide bonds. The summed E-state index contributed by atoms with van der Waals surface area (Å²) in [6.07, 6.45) is -1.33. The molecule has 2 nitrogen and oxygen atoms in total. The Morgan fingerprint density at radius 1 is 1.19 bits per heavy atom. The van der Waals surface area contributed by atoms with Gasteiger partial charge in [-0.25, -0.2) is 4.39 Å². The van der Waals surface area contributed by atoms with Gasteiger partial charge in [-0.1, -0.05) is 6.42 Å². The Morgan fingerprint density at radius 2 is 1.95 bits per heavy atom. The van der Waals surface area contributed by atoms with Gasteiger partial charge in [0.2, 0.25) is 0 Å². The molecule has 1 aromatic carbocycles. The standard InChI is InChI=1S/C15H19F4NO/c16-13-5-11(4-12(7-13)15(17,18)19)9-20-8-10-2-1-3-14(21)6-10/h4-5,7,10,14,20-21H,1-3,6,8-9H2. The fourth-order valence-electron chi connectivity index (χ4n) is 2.78. The maximum absolute atomic E-state index is 13.2. The second-order valence-corrected chi connectivity index (χ2v) is 5.66. The Kier molecular flexibility index (Phi) is 5.22. The third-order valence-electron chi connectivity index (χ3n) is 3.80. The molecule has 1 saturated carbocycles. The SMILES string of the molecule is OC1CCCC(CNCc2cc(F)cc(C(F)(F)F)c2)C1. The molecule has 1 aliphatic carbocycles. The number of nitrogens with one attached hydrogen (secondary N) is 1. The van der Waals surface area contributed by atoms with E-state index in [9.17, 15) is 22.7 Å². The zero-order chi connectivity index (χ0) is 15.5. The van der Waals surface area contributed by atoms with Crippen molar-refractivity contribution in [2.45, 2.75) is 44.5 Å². The highest BCUT2D eigenvalue weighted by Crippen LogP contribution is 2.30. The average molecular weight is 305 g/mol. The minimum Gasteiger partial charge on any atom is -0.393 e. The molecule has 2 unspecified atom stereocenters. The number of rotatable bonds is 4. The Balaban J connectivity index is 1.89. The maximum Gasteiger partial charge on any atom is 0.416 e. The molecule has 0 radical (unpaired) electrons. The molecule has 2 rings (SSSR count). The topological polar surface area (TPSA) is 32.3 Å². The van der Waals surface area contributed by atoms with Crippen molar-refractivity contribution in [3.8, 4) is 0 Å². The first kappa shape index (κ1) is 16.2. The Labute approximate surface area is 121 Å². The monoisotopic (exact) mass is 305 g/mol. The summed E-state index contributed by atoms with van der Waals surface area (Å²) in [5.41, 5.74) is -0.689. The molecule has 1 aliphatic rings. The van der Waals surface area contributed by atoms with Gasteiger partial charge in [0.05, 0.1) is 11.7 Å². The van der Waals surface area contributed by atoms with Gasteiger partial charge in [-0.2, -0.15) is 13.2 Å². The van der Waals surface area contributed by atoms with Gasteiger partial charge in [-0.15, -0.1) is 0 Å². The molecule has 21 heavy (non-hydrogen) atoms. The van der Waals surface area contributed by atoms with Gasteiger partial charge in [0, 0.05) is 6.54 Å². The maximum atomic E-state index is 13.2. The van der Waals surface area contributed by atoms with Gasteiger partial charge in [0.15, 0.2) is 0 Å². The first-order chi connectivity index (χ1) is 9.84. The molecular formula is C15H19F4NO. The highest BCUT2D eigenvalue weighted by molar-refractivity contribution is 5.26. The van der Waals surface area contributed by atoms with E-state index in [0.717, 1.165) is 31.4 Å². The van der Waals surface area contributed by atoms with Crippen LogP contribution >= 0.6 is 0 Å². The summed E-state index contributed by atoms with van der Waals surface area (Å²) in [5, 5.41) is 12.6. The van der Waals surface area contributed by atoms with Crippen molar-refractivity contribution in [1.82, 2.24) is 5.32 Å². The summed E-state index contributed by atoms with van der Waals surface area (Å²) < 4.78 is 51.0. The second kappa shape index (κ2) is 6.75. The number of hydrogen-bond donors (Lipinski definition) is 2. The minimum atomic E-state index is -4.54. The summed E-state index contributed by atoms with van der Waals surface area (Å²) >= 11 is 0. The van der Waals surface area contributed by atoms with E-state index < -0.39 is 17.6 Å². The third kappa shape index (κ3) is 4.97. The van der Waals surface area contributed by atoms with E-state index in [1.165, 1.54) is 0 Å². The molecule has 1 fully saturated rings. The molecular weight excluding hydrogens is 286 g/mol. The summed E-state index contributed by atoms with van der Waals surface area (Å²) in [7, 11) is 0. The lowest BCUT2D eigenvalue weighted by molar-refractivity contribution is -0.137. The predicted molar refractivity (Wildman–Crippen MR) is 71.1 cm³/mol. The van der Waals surface area contributed by atoms with E-state index in [2.05, 4.69) is 5.32 Å². The summed E-state index contributed by atoms with van der Waals surface area (Å²) in [6.45, 7) is 0.808. The molecule has 0 bridgehead atoms. The van der Waals surface area contributed by atoms with E-state index in [1.807, 2.05) is 0 Å². The van der Waals surface area contributed by atoms with Crippen LogP contribution < -0.4 is 5.32 Å². The van der Waals surface area contributed by atoms with Crippen LogP contribution in [0.25, 0.3) is 0 Å². The number of halogens is 4. The fraction of sp³-hybridized carbons (Fsp3) is 0.600. The van der Waals surface area contributed by atoms with E-state index in [1.54, 1.807) is 0 Å². The molecule has 2 N–H and O–H groups in total. The Hall–Kier alpha value is -1.14. The number of aliphatic hydroxyl groups excluding tert-OH is 1. The van der Waals surface area contributed by atoms with Crippen molar-refractivity contribution in [3.63, 3.8) is 0 Å². The van der Waals surface area contributed by atoms with Crippen LogP contribution in [0.5, 0.6) is 0 Å². The predicted octanol–water partition coefficient (Wildman–Crippen LogP) is 3.49. The lowest BCUT2D eigenvalue weighted by Crippen LogP contribution is -2.29. The zero-order valence-electron chi connectivity index (χ0n) is 11.6. The van der Waals surface area contributed by atoms with Gasteiger partial charge in [0.1, 0.15) is 5.82 Å². The van der Waals surface area contributed by atoms with Gasteiger partial charge < -0.3 is 10.4 Å². The summed E-state index contributed by atoms with van der Waals surface area (Å²) in [5.74, 6) is -0.556. The molecule has 0 aliphatic heterocycles. The zero-order valence-corrected chi connectivity index (χ0v) is 11.6. The lowest BCUT2D eigenvalue weighted by atomic mass is 9.87. The number of hydrogen-bond acceptors (Lipinski definition) is 2. The van der Waals surface area contributed by atoms with Crippen molar-refractivity contribution in [2.75, 3.05) is 6.54 Å². The van der Waals surface area contributed by atoms with E-state index in [0.29, 0.717) is 24.9 Å². The third-order valence-corrected chi connectivity index (χ3v) is 3.80. The van der Waals surface area contributed by atoms with Crippen molar-refractivity contribution in [1.29, 1.82) is 0 Å². The number of aliphatic hydroxyl groups is 1. The average Bonchev–Trinajstić information content (AvgIpc) is 2.37. The minimum absolute atomic E-state index is 0.188. The van der Waals surface area contributed by atoms with Crippen LogP contribution in [-0.2, 0) is 12.7 Å². The van der Waals surface area contributed by atoms with Crippen LogP contribution in [0.2, 0.25) is 0 Å². The van der Waals surface area contributed by atoms with E-state index in [4.69, 9.17) is 0 Å². The van der Waals surface area contributed by atoms with Crippen molar-refractivity contribution >= 4 is 0 Å². The molecule has 0 saturated heterocycles. The smallest absolute Gasteiger partial charge is 0.393 e. The molecule has 118 valence electrons. The molecule has 2 atom stereocenters. The largest absolute Gasteiger partial charge is 0.416 e. The summed E-state index contributed by atoms with van der Waals surface area (Å²) in [6, 6.07) is 2.57. The molecule has 6 heteroatoms. The number of benzene rings is 1. The van der Waals surface area contributed by atoms with Crippen LogP contribution in [0.3, 0.4) is 0 Å². The number of alkyl halides is 3. The molecule has 0 heterocycles. The normalized spacial score (nSPS) is 23.3.